The number of halogens is 1. The Morgan fingerprint density at radius 2 is 2.50 bits per heavy atom. The van der Waals surface area contributed by atoms with E-state index in [4.69, 9.17) is 11.6 Å². The summed E-state index contributed by atoms with van der Waals surface area (Å²) in [7, 11) is 2.14. The van der Waals surface area contributed by atoms with E-state index < -0.39 is 0 Å². The zero-order valence-corrected chi connectivity index (χ0v) is 11.0. The van der Waals surface area contributed by atoms with Crippen LogP contribution in [0.3, 0.4) is 0 Å². The minimum atomic E-state index is 0.492. The third kappa shape index (κ3) is 3.27. The minimum Gasteiger partial charge on any atom is -0.331 e. The molecule has 1 aliphatic rings. The number of nitrogens with zero attached hydrogens (tertiary/aromatic N) is 2. The summed E-state index contributed by atoms with van der Waals surface area (Å²) in [6.45, 7) is 7.77. The monoisotopic (exact) mass is 236 g/mol. The third-order valence-electron chi connectivity index (χ3n) is 2.59. The van der Waals surface area contributed by atoms with Crippen LogP contribution in [0.25, 0.3) is 0 Å². The Balaban J connectivity index is 2.98. The number of rotatable bonds is 4. The lowest BCUT2D eigenvalue weighted by molar-refractivity contribution is 0.354. The van der Waals surface area contributed by atoms with Gasteiger partial charge in [-0.2, -0.15) is 0 Å². The second-order valence-electron chi connectivity index (χ2n) is 3.99. The van der Waals surface area contributed by atoms with Crippen LogP contribution in [0.4, 0.5) is 0 Å². The van der Waals surface area contributed by atoms with Gasteiger partial charge in [0.05, 0.1) is 0 Å². The summed E-state index contributed by atoms with van der Waals surface area (Å²) in [4.78, 5) is 6.53. The van der Waals surface area contributed by atoms with Crippen LogP contribution in [0, 0.1) is 0 Å². The molecule has 1 heterocycles. The van der Waals surface area contributed by atoms with Crippen LogP contribution in [0.15, 0.2) is 40.2 Å². The van der Waals surface area contributed by atoms with Gasteiger partial charge in [0.1, 0.15) is 13.7 Å². The van der Waals surface area contributed by atoms with Crippen molar-refractivity contribution in [1.82, 2.24) is 4.90 Å². The lowest BCUT2D eigenvalue weighted by Gasteiger charge is -2.24. The molecule has 4 heteroatoms. The van der Waals surface area contributed by atoms with Gasteiger partial charge in [-0.3, -0.25) is 0 Å². The Kier molecular flexibility index (Phi) is 4.87. The summed E-state index contributed by atoms with van der Waals surface area (Å²) in [6.07, 6.45) is 7.92. The zero-order chi connectivity index (χ0) is 12.1. The van der Waals surface area contributed by atoms with E-state index in [0.717, 1.165) is 18.7 Å². The van der Waals surface area contributed by atoms with E-state index in [0.29, 0.717) is 11.1 Å². The highest BCUT2D eigenvalue weighted by Crippen LogP contribution is 2.27. The van der Waals surface area contributed by atoms with Crippen LogP contribution in [-0.2, 0) is 0 Å². The van der Waals surface area contributed by atoms with Crippen molar-refractivity contribution in [2.45, 2.75) is 32.7 Å². The maximum Gasteiger partial charge on any atom is 0.135 e. The molecule has 1 aliphatic heterocycles. The van der Waals surface area contributed by atoms with E-state index in [1.165, 1.54) is 5.47 Å². The summed E-state index contributed by atoms with van der Waals surface area (Å²) in [6, 6.07) is 0.492. The van der Waals surface area contributed by atoms with Gasteiger partial charge >= 0.3 is 0 Å². The number of aliphatic imine (C=N–C) groups is 1. The molecule has 0 saturated carbocycles. The van der Waals surface area contributed by atoms with E-state index in [9.17, 15) is 0 Å². The van der Waals surface area contributed by atoms with Crippen molar-refractivity contribution in [3.8, 4) is 0 Å². The van der Waals surface area contributed by atoms with Crippen LogP contribution < -0.4 is 0 Å². The molecule has 0 aliphatic carbocycles. The van der Waals surface area contributed by atoms with Gasteiger partial charge in [-0.15, -0.1) is 0 Å². The van der Waals surface area contributed by atoms with Gasteiger partial charge in [0.25, 0.3) is 0 Å². The Labute approximate surface area is 104 Å². The normalized spacial score (nSPS) is 21.7. The van der Waals surface area contributed by atoms with E-state index in [1.807, 2.05) is 6.92 Å². The van der Waals surface area contributed by atoms with Gasteiger partial charge in [0.2, 0.25) is 0 Å². The maximum absolute atomic E-state index is 5.82. The van der Waals surface area contributed by atoms with Crippen molar-refractivity contribution < 1.29 is 0 Å². The van der Waals surface area contributed by atoms with Crippen LogP contribution >= 0.6 is 11.6 Å². The number of hydrogen-bond acceptors (Lipinski definition) is 2. The first-order chi connectivity index (χ1) is 7.58. The van der Waals surface area contributed by atoms with Crippen molar-refractivity contribution in [2.24, 2.45) is 4.99 Å². The molecule has 1 unspecified atom stereocenters. The fourth-order valence-corrected chi connectivity index (χ4v) is 2.01. The first-order valence-corrected chi connectivity index (χ1v) is 5.96. The second kappa shape index (κ2) is 5.95. The molecule has 2 nitrogen and oxygen atoms in total. The molecule has 16 heavy (non-hydrogen) atoms. The summed E-state index contributed by atoms with van der Waals surface area (Å²) in [5.74, 6) is 0.867. The van der Waals surface area contributed by atoms with Crippen LogP contribution in [0.2, 0.25) is 0 Å². The molecule has 1 rings (SSSR count). The first kappa shape index (κ1) is 13.1. The fraction of sp³-hybridized carbons (Fsp3) is 0.417. The van der Waals surface area contributed by atoms with Gasteiger partial charge < -0.3 is 4.90 Å². The third-order valence-corrected chi connectivity index (χ3v) is 2.70. The molecule has 0 bridgehead atoms. The van der Waals surface area contributed by atoms with Crippen molar-refractivity contribution in [3.05, 3.63) is 35.2 Å². The summed E-state index contributed by atoms with van der Waals surface area (Å²) < 4.78 is 0. The van der Waals surface area contributed by atoms with Crippen molar-refractivity contribution in [1.29, 1.82) is 0 Å². The topological polar surface area (TPSA) is 15.6 Å². The molecule has 0 N–H and O–H groups in total. The van der Waals surface area contributed by atoms with Crippen molar-refractivity contribution in [3.63, 3.8) is 0 Å². The van der Waals surface area contributed by atoms with E-state index in [-0.39, 0.29) is 0 Å². The molecule has 0 aromatic rings. The Hall–Kier alpha value is -0.955. The van der Waals surface area contributed by atoms with Crippen LogP contribution in [0.5, 0.6) is 0 Å². The van der Waals surface area contributed by atoms with Gasteiger partial charge in [-0.05, 0) is 32.0 Å². The van der Waals surface area contributed by atoms with Crippen LogP contribution in [0.1, 0.15) is 26.7 Å². The van der Waals surface area contributed by atoms with Gasteiger partial charge in [-0.25, -0.2) is 4.99 Å². The average Bonchev–Trinajstić information content (AvgIpc) is 2.58. The summed E-state index contributed by atoms with van der Waals surface area (Å²) in [5, 5.41) is 0.508. The molecular weight excluding hydrogens is 218 g/mol. The molecular formula is C12H18BClN2. The number of allylic oxidation sites excluding steroid dienone is 2. The highest BCUT2D eigenvalue weighted by Gasteiger charge is 2.23. The zero-order valence-electron chi connectivity index (χ0n) is 10.2. The molecule has 0 radical (unpaired) electrons. The highest BCUT2D eigenvalue weighted by atomic mass is 35.5. The van der Waals surface area contributed by atoms with Crippen molar-refractivity contribution >= 4 is 25.7 Å². The SMILES string of the molecule is BC1=CN(C(=C/C(=C)Cl)/N=C\C)C(CC)C1. The Morgan fingerprint density at radius 3 is 3.00 bits per heavy atom. The van der Waals surface area contributed by atoms with Crippen molar-refractivity contribution in [2.75, 3.05) is 0 Å². The molecule has 0 fully saturated rings. The fourth-order valence-electron chi connectivity index (χ4n) is 1.91. The molecule has 0 aromatic heterocycles. The Bertz CT molecular complexity index is 358. The lowest BCUT2D eigenvalue weighted by atomic mass is 9.92. The number of hydrogen-bond donors (Lipinski definition) is 0. The van der Waals surface area contributed by atoms with Crippen LogP contribution in [-0.4, -0.2) is 25.0 Å². The Morgan fingerprint density at radius 1 is 1.81 bits per heavy atom. The lowest BCUT2D eigenvalue weighted by Crippen LogP contribution is -2.24. The molecule has 0 amide bonds. The molecule has 1 atom stereocenters. The van der Waals surface area contributed by atoms with Gasteiger partial charge in [-0.1, -0.05) is 30.6 Å². The minimum absolute atomic E-state index is 0.492. The molecule has 86 valence electrons. The van der Waals surface area contributed by atoms with Gasteiger partial charge in [0.15, 0.2) is 0 Å². The average molecular weight is 237 g/mol. The molecule has 0 saturated heterocycles. The van der Waals surface area contributed by atoms with E-state index >= 15 is 0 Å². The smallest absolute Gasteiger partial charge is 0.135 e. The summed E-state index contributed by atoms with van der Waals surface area (Å²) >= 11 is 5.82. The quantitative estimate of drug-likeness (QED) is 0.416. The van der Waals surface area contributed by atoms with E-state index in [2.05, 4.69) is 37.4 Å². The first-order valence-electron chi connectivity index (χ1n) is 5.58. The second-order valence-corrected chi connectivity index (χ2v) is 4.47. The van der Waals surface area contributed by atoms with Gasteiger partial charge in [0, 0.05) is 17.3 Å². The highest BCUT2D eigenvalue weighted by molar-refractivity contribution is 6.30. The summed E-state index contributed by atoms with van der Waals surface area (Å²) in [5.41, 5.74) is 1.38. The predicted octanol–water partition coefficient (Wildman–Crippen LogP) is 2.63. The standard InChI is InChI=1S/C12H18BClN2/c1-4-11-7-10(13)8-16(11)12(15-5-2)6-9(3)14/h5-6,8,11H,3-4,7,13H2,1-2H3/b12-6+,15-5-. The molecule has 0 spiro atoms. The maximum atomic E-state index is 5.82. The predicted molar refractivity (Wildman–Crippen MR) is 74.4 cm³/mol. The largest absolute Gasteiger partial charge is 0.331 e. The molecule has 0 aromatic carbocycles. The van der Waals surface area contributed by atoms with E-state index in [1.54, 1.807) is 12.3 Å².